The summed E-state index contributed by atoms with van der Waals surface area (Å²) in [5, 5.41) is 7.60. The van der Waals surface area contributed by atoms with Crippen LogP contribution in [0, 0.1) is 5.92 Å². The van der Waals surface area contributed by atoms with Gasteiger partial charge in [0.15, 0.2) is 0 Å². The highest BCUT2D eigenvalue weighted by atomic mass is 16.4. The highest BCUT2D eigenvalue weighted by Crippen LogP contribution is 2.33. The van der Waals surface area contributed by atoms with Crippen molar-refractivity contribution in [1.29, 1.82) is 0 Å². The molecule has 1 atom stereocenters. The highest BCUT2D eigenvalue weighted by molar-refractivity contribution is 5.98. The van der Waals surface area contributed by atoms with Gasteiger partial charge in [0.25, 0.3) is 0 Å². The van der Waals surface area contributed by atoms with Crippen LogP contribution in [-0.4, -0.2) is 23.4 Å². The number of rotatable bonds is 4. The van der Waals surface area contributed by atoms with Crippen molar-refractivity contribution in [3.8, 4) is 0 Å². The second kappa shape index (κ2) is 6.32. The third kappa shape index (κ3) is 5.48. The zero-order chi connectivity index (χ0) is 11.1. The normalized spacial score (nSPS) is 18.1. The van der Waals surface area contributed by atoms with Gasteiger partial charge in [0.05, 0.1) is 6.54 Å². The van der Waals surface area contributed by atoms with E-state index in [9.17, 15) is 9.59 Å². The number of carbonyl (C=O) groups is 2. The summed E-state index contributed by atoms with van der Waals surface area (Å²) in [4.78, 5) is 19.8. The molecule has 3 N–H and O–H groups in total. The molecule has 0 aromatic carbocycles. The number of ketones is 1. The molecular weight excluding hydrogens is 182 g/mol. The average molecular weight is 199 g/mol. The molecule has 0 amide bonds. The fourth-order valence-corrected chi connectivity index (χ4v) is 1.01. The molecule has 0 heterocycles. The molecule has 80 valence electrons. The van der Waals surface area contributed by atoms with E-state index in [4.69, 9.17) is 5.11 Å². The Morgan fingerprint density at radius 1 is 1.71 bits per heavy atom. The predicted octanol–water partition coefficient (Wildman–Crippen LogP) is 0.961. The van der Waals surface area contributed by atoms with Crippen LogP contribution >= 0.6 is 0 Å². The highest BCUT2D eigenvalue weighted by Gasteiger charge is 2.35. The Labute approximate surface area is 83.8 Å². The minimum absolute atomic E-state index is 0.255. The number of carboxylic acid groups (broad SMARTS) is 1. The van der Waals surface area contributed by atoms with Crippen molar-refractivity contribution in [2.75, 3.05) is 6.54 Å². The van der Waals surface area contributed by atoms with Gasteiger partial charge in [-0.25, -0.2) is 0 Å². The molecule has 0 aromatic rings. The average Bonchev–Trinajstić information content (AvgIpc) is 2.84. The van der Waals surface area contributed by atoms with Gasteiger partial charge in [0.1, 0.15) is 5.78 Å². The number of allylic oxidation sites excluding steroid dienone is 1. The zero-order valence-corrected chi connectivity index (χ0v) is 8.45. The lowest BCUT2D eigenvalue weighted by Gasteiger charge is -1.95. The molecule has 0 radical (unpaired) electrons. The molecule has 1 aliphatic rings. The molecule has 0 saturated heterocycles. The summed E-state index contributed by atoms with van der Waals surface area (Å²) in [6.45, 7) is 5.67. The predicted molar refractivity (Wildman–Crippen MR) is 53.9 cm³/mol. The van der Waals surface area contributed by atoms with Crippen LogP contribution in [0.2, 0.25) is 0 Å². The molecule has 0 aromatic heterocycles. The Morgan fingerprint density at radius 3 is 2.36 bits per heavy atom. The van der Waals surface area contributed by atoms with Gasteiger partial charge in [0, 0.05) is 12.3 Å². The van der Waals surface area contributed by atoms with E-state index in [1.165, 1.54) is 0 Å². The minimum Gasteiger partial charge on any atom is -0.480 e. The van der Waals surface area contributed by atoms with E-state index in [-0.39, 0.29) is 12.5 Å². The number of hydrogen-bond donors (Lipinski definition) is 2. The van der Waals surface area contributed by atoms with E-state index in [1.54, 1.807) is 0 Å². The summed E-state index contributed by atoms with van der Waals surface area (Å²) in [5.41, 5.74) is 5.71. The van der Waals surface area contributed by atoms with Gasteiger partial charge in [-0.2, -0.15) is 0 Å². The van der Waals surface area contributed by atoms with Crippen LogP contribution in [0.5, 0.6) is 0 Å². The van der Waals surface area contributed by atoms with Gasteiger partial charge in [-0.3, -0.25) is 9.59 Å². The molecule has 0 spiro atoms. The van der Waals surface area contributed by atoms with Crippen molar-refractivity contribution in [3.05, 3.63) is 12.2 Å². The summed E-state index contributed by atoms with van der Waals surface area (Å²) in [7, 11) is 0. The summed E-state index contributed by atoms with van der Waals surface area (Å²) < 4.78 is 0. The molecule has 1 saturated carbocycles. The van der Waals surface area contributed by atoms with Crippen LogP contribution in [0.3, 0.4) is 0 Å². The van der Waals surface area contributed by atoms with Crippen LogP contribution < -0.4 is 5.73 Å². The van der Waals surface area contributed by atoms with Crippen molar-refractivity contribution >= 4 is 11.8 Å². The van der Waals surface area contributed by atoms with Crippen LogP contribution in [0.25, 0.3) is 0 Å². The van der Waals surface area contributed by atoms with Gasteiger partial charge in [-0.05, 0) is 6.42 Å². The van der Waals surface area contributed by atoms with E-state index in [0.717, 1.165) is 24.8 Å². The summed E-state index contributed by atoms with van der Waals surface area (Å²) in [5.74, 6) is -0.330. The molecular formula is C10H17NO3. The van der Waals surface area contributed by atoms with Gasteiger partial charge in [-0.1, -0.05) is 25.5 Å². The van der Waals surface area contributed by atoms with Crippen molar-refractivity contribution in [2.45, 2.75) is 26.2 Å². The van der Waals surface area contributed by atoms with Gasteiger partial charge in [-0.15, -0.1) is 0 Å². The maximum absolute atomic E-state index is 10.5. The minimum atomic E-state index is -0.968. The second-order valence-electron chi connectivity index (χ2n) is 3.23. The first-order valence-corrected chi connectivity index (χ1v) is 4.65. The Morgan fingerprint density at radius 2 is 2.14 bits per heavy atom. The van der Waals surface area contributed by atoms with Gasteiger partial charge in [0.2, 0.25) is 0 Å². The van der Waals surface area contributed by atoms with Crippen molar-refractivity contribution < 1.29 is 14.7 Å². The standard InChI is InChI=1S/C8H12O.C2H5NO2/c1-3-4-6(2)7-5-8(7)9;3-1-2(4)5/h7H,2-5H2,1H3;1,3H2,(H,4,5). The van der Waals surface area contributed by atoms with Crippen LogP contribution in [0.1, 0.15) is 26.2 Å². The van der Waals surface area contributed by atoms with E-state index in [0.29, 0.717) is 5.78 Å². The SMILES string of the molecule is C=C(CCC)C1CC1=O.NCC(=O)O. The summed E-state index contributed by atoms with van der Waals surface area (Å²) >= 11 is 0. The molecule has 1 fully saturated rings. The van der Waals surface area contributed by atoms with E-state index >= 15 is 0 Å². The number of nitrogens with two attached hydrogens (primary N) is 1. The van der Waals surface area contributed by atoms with E-state index < -0.39 is 5.97 Å². The third-order valence-corrected chi connectivity index (χ3v) is 1.87. The maximum Gasteiger partial charge on any atom is 0.317 e. The van der Waals surface area contributed by atoms with Crippen molar-refractivity contribution in [3.63, 3.8) is 0 Å². The molecule has 4 nitrogen and oxygen atoms in total. The molecule has 1 aliphatic carbocycles. The second-order valence-corrected chi connectivity index (χ2v) is 3.23. The largest absolute Gasteiger partial charge is 0.480 e. The maximum atomic E-state index is 10.5. The topological polar surface area (TPSA) is 80.4 Å². The van der Waals surface area contributed by atoms with Crippen LogP contribution in [0.4, 0.5) is 0 Å². The first kappa shape index (κ1) is 12.8. The Bertz CT molecular complexity index is 236. The fraction of sp³-hybridized carbons (Fsp3) is 0.600. The van der Waals surface area contributed by atoms with Crippen LogP contribution in [0.15, 0.2) is 12.2 Å². The Hall–Kier alpha value is -1.16. The van der Waals surface area contributed by atoms with Crippen LogP contribution in [-0.2, 0) is 9.59 Å². The molecule has 1 rings (SSSR count). The van der Waals surface area contributed by atoms with Crippen molar-refractivity contribution in [1.82, 2.24) is 0 Å². The smallest absolute Gasteiger partial charge is 0.317 e. The molecule has 0 bridgehead atoms. The lowest BCUT2D eigenvalue weighted by Crippen LogP contribution is -2.10. The van der Waals surface area contributed by atoms with E-state index in [2.05, 4.69) is 19.2 Å². The lowest BCUT2D eigenvalue weighted by molar-refractivity contribution is -0.135. The number of carbonyl (C=O) groups excluding carboxylic acids is 1. The lowest BCUT2D eigenvalue weighted by atomic mass is 10.1. The molecule has 1 unspecified atom stereocenters. The van der Waals surface area contributed by atoms with Crippen molar-refractivity contribution in [2.24, 2.45) is 11.7 Å². The van der Waals surface area contributed by atoms with Gasteiger partial charge < -0.3 is 10.8 Å². The zero-order valence-electron chi connectivity index (χ0n) is 8.45. The Kier molecular flexibility index (Phi) is 5.79. The van der Waals surface area contributed by atoms with Gasteiger partial charge >= 0.3 is 5.97 Å². The first-order valence-electron chi connectivity index (χ1n) is 4.65. The number of Topliss-reactive ketones (excluding diaryl/α,β-unsaturated/α-hetero) is 1. The number of carboxylic acids is 1. The number of aliphatic carboxylic acids is 1. The summed E-state index contributed by atoms with van der Waals surface area (Å²) in [6.07, 6.45) is 2.90. The summed E-state index contributed by atoms with van der Waals surface area (Å²) in [6, 6.07) is 0. The quantitative estimate of drug-likeness (QED) is 0.661. The molecule has 4 heteroatoms. The number of hydrogen-bond acceptors (Lipinski definition) is 3. The first-order chi connectivity index (χ1) is 6.52. The van der Waals surface area contributed by atoms with E-state index in [1.807, 2.05) is 0 Å². The molecule has 0 aliphatic heterocycles. The monoisotopic (exact) mass is 199 g/mol. The third-order valence-electron chi connectivity index (χ3n) is 1.87. The Balaban J connectivity index is 0.000000292. The molecule has 14 heavy (non-hydrogen) atoms. The fourth-order valence-electron chi connectivity index (χ4n) is 1.01.